The van der Waals surface area contributed by atoms with E-state index in [1.165, 1.54) is 6.92 Å². The summed E-state index contributed by atoms with van der Waals surface area (Å²) >= 11 is 0. The number of ketones is 1. The first-order valence-electron chi connectivity index (χ1n) is 5.56. The molecule has 2 rings (SSSR count). The van der Waals surface area contributed by atoms with E-state index < -0.39 is 5.72 Å². The highest BCUT2D eigenvalue weighted by Crippen LogP contribution is 2.42. The van der Waals surface area contributed by atoms with Crippen LogP contribution in [0.5, 0.6) is 0 Å². The molecule has 1 N–H and O–H groups in total. The zero-order chi connectivity index (χ0) is 11.1. The molecule has 1 amide bonds. The zero-order valence-corrected chi connectivity index (χ0v) is 9.03. The van der Waals surface area contributed by atoms with Gasteiger partial charge in [-0.1, -0.05) is 0 Å². The van der Waals surface area contributed by atoms with E-state index in [2.05, 4.69) is 0 Å². The Kier molecular flexibility index (Phi) is 2.54. The maximum absolute atomic E-state index is 11.6. The van der Waals surface area contributed by atoms with Gasteiger partial charge in [0.05, 0.1) is 0 Å². The molecule has 0 bridgehead atoms. The number of carbonyl (C=O) groups is 2. The standard InChI is InChI=1S/C11H17NO3/c1-8(13)7-9-4-6-12-10(14)3-2-5-11(9,12)15/h9,15H,2-7H2,1H3. The Morgan fingerprint density at radius 2 is 2.40 bits per heavy atom. The third-order valence-corrected chi connectivity index (χ3v) is 3.59. The number of hydrogen-bond donors (Lipinski definition) is 1. The zero-order valence-electron chi connectivity index (χ0n) is 9.03. The molecule has 0 spiro atoms. The number of aliphatic hydroxyl groups is 1. The highest BCUT2D eigenvalue weighted by molar-refractivity contribution is 5.79. The van der Waals surface area contributed by atoms with E-state index in [9.17, 15) is 14.7 Å². The Balaban J connectivity index is 2.17. The first kappa shape index (κ1) is 10.6. The normalized spacial score (nSPS) is 35.5. The van der Waals surface area contributed by atoms with E-state index in [1.54, 1.807) is 4.90 Å². The Morgan fingerprint density at radius 3 is 3.07 bits per heavy atom. The smallest absolute Gasteiger partial charge is 0.224 e. The van der Waals surface area contributed by atoms with Gasteiger partial charge in [-0.05, 0) is 26.2 Å². The number of nitrogens with zero attached hydrogens (tertiary/aromatic N) is 1. The summed E-state index contributed by atoms with van der Waals surface area (Å²) in [4.78, 5) is 24.3. The van der Waals surface area contributed by atoms with Crippen LogP contribution in [0.3, 0.4) is 0 Å². The van der Waals surface area contributed by atoms with E-state index >= 15 is 0 Å². The molecular formula is C11H17NO3. The average molecular weight is 211 g/mol. The van der Waals surface area contributed by atoms with Gasteiger partial charge in [0.1, 0.15) is 11.5 Å². The number of fused-ring (bicyclic) bond motifs is 1. The first-order valence-corrected chi connectivity index (χ1v) is 5.56. The average Bonchev–Trinajstić information content (AvgIpc) is 2.44. The summed E-state index contributed by atoms with van der Waals surface area (Å²) in [5, 5.41) is 10.4. The number of Topliss-reactive ketones (excluding diaryl/α,β-unsaturated/α-hetero) is 1. The van der Waals surface area contributed by atoms with Crippen LogP contribution in [0.15, 0.2) is 0 Å². The van der Waals surface area contributed by atoms with E-state index in [-0.39, 0.29) is 17.6 Å². The summed E-state index contributed by atoms with van der Waals surface area (Å²) in [6, 6.07) is 0. The van der Waals surface area contributed by atoms with Gasteiger partial charge in [0, 0.05) is 25.3 Å². The third-order valence-electron chi connectivity index (χ3n) is 3.59. The van der Waals surface area contributed by atoms with E-state index in [0.29, 0.717) is 25.8 Å². The van der Waals surface area contributed by atoms with Gasteiger partial charge in [0.2, 0.25) is 5.91 Å². The molecule has 0 aliphatic carbocycles. The maximum atomic E-state index is 11.6. The minimum absolute atomic E-state index is 0.0369. The molecule has 0 aromatic rings. The van der Waals surface area contributed by atoms with Gasteiger partial charge in [-0.15, -0.1) is 0 Å². The lowest BCUT2D eigenvalue weighted by atomic mass is 9.86. The predicted octanol–water partition coefficient (Wildman–Crippen LogP) is 0.687. The van der Waals surface area contributed by atoms with Crippen molar-refractivity contribution in [1.29, 1.82) is 0 Å². The minimum Gasteiger partial charge on any atom is -0.370 e. The number of hydrogen-bond acceptors (Lipinski definition) is 3. The Morgan fingerprint density at radius 1 is 1.67 bits per heavy atom. The van der Waals surface area contributed by atoms with Crippen LogP contribution in [0.25, 0.3) is 0 Å². The van der Waals surface area contributed by atoms with Crippen LogP contribution in [-0.2, 0) is 9.59 Å². The van der Waals surface area contributed by atoms with Gasteiger partial charge in [0.25, 0.3) is 0 Å². The number of carbonyl (C=O) groups excluding carboxylic acids is 2. The quantitative estimate of drug-likeness (QED) is 0.731. The van der Waals surface area contributed by atoms with Crippen LogP contribution in [0, 0.1) is 5.92 Å². The molecule has 2 heterocycles. The molecule has 2 saturated heterocycles. The van der Waals surface area contributed by atoms with Crippen LogP contribution >= 0.6 is 0 Å². The van der Waals surface area contributed by atoms with Gasteiger partial charge in [-0.25, -0.2) is 0 Å². The fourth-order valence-corrected chi connectivity index (χ4v) is 2.86. The number of piperidine rings is 1. The van der Waals surface area contributed by atoms with Crippen molar-refractivity contribution < 1.29 is 14.7 Å². The van der Waals surface area contributed by atoms with Crippen molar-refractivity contribution in [3.63, 3.8) is 0 Å². The second-order valence-corrected chi connectivity index (χ2v) is 4.67. The van der Waals surface area contributed by atoms with Crippen molar-refractivity contribution in [2.24, 2.45) is 5.92 Å². The van der Waals surface area contributed by atoms with E-state index in [0.717, 1.165) is 12.8 Å². The summed E-state index contributed by atoms with van der Waals surface area (Å²) in [7, 11) is 0. The first-order chi connectivity index (χ1) is 7.04. The Bertz CT molecular complexity index is 302. The van der Waals surface area contributed by atoms with Crippen molar-refractivity contribution in [2.45, 2.75) is 44.8 Å². The van der Waals surface area contributed by atoms with E-state index in [1.807, 2.05) is 0 Å². The van der Waals surface area contributed by atoms with Gasteiger partial charge in [-0.2, -0.15) is 0 Å². The molecule has 2 aliphatic rings. The maximum Gasteiger partial charge on any atom is 0.224 e. The monoisotopic (exact) mass is 211 g/mol. The fourth-order valence-electron chi connectivity index (χ4n) is 2.86. The van der Waals surface area contributed by atoms with Crippen LogP contribution < -0.4 is 0 Å². The molecule has 4 nitrogen and oxygen atoms in total. The minimum atomic E-state index is -1.03. The molecule has 0 radical (unpaired) electrons. The number of amides is 1. The second-order valence-electron chi connectivity index (χ2n) is 4.67. The van der Waals surface area contributed by atoms with Gasteiger partial charge in [0.15, 0.2) is 0 Å². The Labute approximate surface area is 89.3 Å². The molecule has 2 atom stereocenters. The molecular weight excluding hydrogens is 194 g/mol. The van der Waals surface area contributed by atoms with Crippen molar-refractivity contribution in [3.8, 4) is 0 Å². The molecule has 4 heteroatoms. The summed E-state index contributed by atoms with van der Waals surface area (Å²) in [5.41, 5.74) is -1.03. The molecule has 15 heavy (non-hydrogen) atoms. The SMILES string of the molecule is CC(=O)CC1CCN2C(=O)CCCC12O. The Hall–Kier alpha value is -0.900. The molecule has 2 aliphatic heterocycles. The van der Waals surface area contributed by atoms with Crippen LogP contribution in [0.1, 0.15) is 39.0 Å². The lowest BCUT2D eigenvalue weighted by Gasteiger charge is -2.41. The second kappa shape index (κ2) is 3.59. The molecule has 2 fully saturated rings. The van der Waals surface area contributed by atoms with Crippen molar-refractivity contribution >= 4 is 11.7 Å². The van der Waals surface area contributed by atoms with Gasteiger partial charge in [-0.3, -0.25) is 4.79 Å². The topological polar surface area (TPSA) is 57.6 Å². The van der Waals surface area contributed by atoms with Gasteiger partial charge < -0.3 is 14.8 Å². The molecule has 0 saturated carbocycles. The van der Waals surface area contributed by atoms with Crippen LogP contribution in [0.4, 0.5) is 0 Å². The highest BCUT2D eigenvalue weighted by Gasteiger charge is 2.51. The summed E-state index contributed by atoms with van der Waals surface area (Å²) in [6.45, 7) is 2.14. The van der Waals surface area contributed by atoms with Crippen molar-refractivity contribution in [3.05, 3.63) is 0 Å². The predicted molar refractivity (Wildman–Crippen MR) is 53.9 cm³/mol. The lowest BCUT2D eigenvalue weighted by Crippen LogP contribution is -2.53. The lowest BCUT2D eigenvalue weighted by molar-refractivity contribution is -0.171. The van der Waals surface area contributed by atoms with Crippen LogP contribution in [-0.4, -0.2) is 34.0 Å². The van der Waals surface area contributed by atoms with Gasteiger partial charge >= 0.3 is 0 Å². The summed E-state index contributed by atoms with van der Waals surface area (Å²) in [5.74, 6) is 0.0716. The fraction of sp³-hybridized carbons (Fsp3) is 0.818. The summed E-state index contributed by atoms with van der Waals surface area (Å²) < 4.78 is 0. The largest absolute Gasteiger partial charge is 0.370 e. The third kappa shape index (κ3) is 1.67. The molecule has 0 aromatic heterocycles. The molecule has 84 valence electrons. The molecule has 0 aromatic carbocycles. The number of rotatable bonds is 2. The molecule has 2 unspecified atom stereocenters. The van der Waals surface area contributed by atoms with Crippen molar-refractivity contribution in [1.82, 2.24) is 4.90 Å². The highest BCUT2D eigenvalue weighted by atomic mass is 16.3. The van der Waals surface area contributed by atoms with E-state index in [4.69, 9.17) is 0 Å². The van der Waals surface area contributed by atoms with Crippen molar-refractivity contribution in [2.75, 3.05) is 6.54 Å². The van der Waals surface area contributed by atoms with Crippen LogP contribution in [0.2, 0.25) is 0 Å². The summed E-state index contributed by atoms with van der Waals surface area (Å²) in [6.07, 6.45) is 3.04.